The quantitative estimate of drug-likeness (QED) is 0.651. The van der Waals surface area contributed by atoms with Gasteiger partial charge in [-0.1, -0.05) is 11.6 Å². The van der Waals surface area contributed by atoms with E-state index in [2.05, 4.69) is 43.8 Å². The number of hydrogen-bond acceptors (Lipinski definition) is 2. The molecule has 0 fully saturated rings. The van der Waals surface area contributed by atoms with Gasteiger partial charge in [0.1, 0.15) is 5.75 Å². The lowest BCUT2D eigenvalue weighted by Gasteiger charge is -2.09. The first-order valence-corrected chi connectivity index (χ1v) is 7.47. The van der Waals surface area contributed by atoms with Crippen LogP contribution in [0.4, 0.5) is 5.69 Å². The molecular formula is C13H8BrClINO2. The summed E-state index contributed by atoms with van der Waals surface area (Å²) >= 11 is 11.2. The second-order valence-corrected chi connectivity index (χ2v) is 6.28. The minimum absolute atomic E-state index is 0.0528. The Labute approximate surface area is 137 Å². The maximum absolute atomic E-state index is 12.1. The molecule has 0 unspecified atom stereocenters. The van der Waals surface area contributed by atoms with Crippen molar-refractivity contribution in [3.05, 3.63) is 55.0 Å². The Hall–Kier alpha value is -0.790. The second-order valence-electron chi connectivity index (χ2n) is 3.74. The van der Waals surface area contributed by atoms with E-state index in [-0.39, 0.29) is 17.2 Å². The van der Waals surface area contributed by atoms with Crippen molar-refractivity contribution < 1.29 is 9.90 Å². The number of hydrogen-bond donors (Lipinski definition) is 2. The van der Waals surface area contributed by atoms with E-state index < -0.39 is 0 Å². The third-order valence-corrected chi connectivity index (χ3v) is 3.94. The van der Waals surface area contributed by atoms with Crippen LogP contribution in [-0.2, 0) is 0 Å². The Kier molecular flexibility index (Phi) is 4.70. The fourth-order valence-electron chi connectivity index (χ4n) is 1.47. The molecule has 0 radical (unpaired) electrons. The van der Waals surface area contributed by atoms with Gasteiger partial charge in [0, 0.05) is 13.1 Å². The van der Waals surface area contributed by atoms with Crippen molar-refractivity contribution in [1.29, 1.82) is 0 Å². The molecule has 6 heteroatoms. The maximum Gasteiger partial charge on any atom is 0.259 e. The zero-order valence-corrected chi connectivity index (χ0v) is 14.0. The lowest BCUT2D eigenvalue weighted by Crippen LogP contribution is -2.12. The van der Waals surface area contributed by atoms with Crippen molar-refractivity contribution in [2.75, 3.05) is 5.32 Å². The molecule has 0 heterocycles. The van der Waals surface area contributed by atoms with E-state index in [1.807, 2.05) is 0 Å². The maximum atomic E-state index is 12.1. The normalized spacial score (nSPS) is 10.3. The number of rotatable bonds is 2. The van der Waals surface area contributed by atoms with Gasteiger partial charge < -0.3 is 10.4 Å². The summed E-state index contributed by atoms with van der Waals surface area (Å²) in [5, 5.41) is 13.0. The first-order chi connectivity index (χ1) is 8.97. The lowest BCUT2D eigenvalue weighted by molar-refractivity contribution is 0.102. The van der Waals surface area contributed by atoms with E-state index in [9.17, 15) is 9.90 Å². The van der Waals surface area contributed by atoms with E-state index in [4.69, 9.17) is 11.6 Å². The van der Waals surface area contributed by atoms with Gasteiger partial charge in [-0.15, -0.1) is 0 Å². The summed E-state index contributed by atoms with van der Waals surface area (Å²) < 4.78 is 1.55. The van der Waals surface area contributed by atoms with Crippen LogP contribution in [-0.4, -0.2) is 11.0 Å². The highest BCUT2D eigenvalue weighted by Gasteiger charge is 2.13. The van der Waals surface area contributed by atoms with Crippen LogP contribution in [0.3, 0.4) is 0 Å². The van der Waals surface area contributed by atoms with Gasteiger partial charge in [0.15, 0.2) is 0 Å². The van der Waals surface area contributed by atoms with E-state index in [1.165, 1.54) is 6.07 Å². The number of phenolic OH excluding ortho intramolecular Hbond substituents is 1. The molecule has 0 atom stereocenters. The summed E-state index contributed by atoms with van der Waals surface area (Å²) in [7, 11) is 0. The Morgan fingerprint density at radius 1 is 1.26 bits per heavy atom. The lowest BCUT2D eigenvalue weighted by atomic mass is 10.2. The number of halogens is 3. The van der Waals surface area contributed by atoms with Crippen molar-refractivity contribution in [2.45, 2.75) is 0 Å². The Bertz CT molecular complexity index is 649. The first-order valence-electron chi connectivity index (χ1n) is 5.22. The van der Waals surface area contributed by atoms with E-state index in [0.717, 1.165) is 3.57 Å². The zero-order chi connectivity index (χ0) is 14.0. The first kappa shape index (κ1) is 14.6. The van der Waals surface area contributed by atoms with Crippen LogP contribution < -0.4 is 5.32 Å². The van der Waals surface area contributed by atoms with Crippen LogP contribution in [0.5, 0.6) is 5.75 Å². The number of phenols is 1. The predicted octanol–water partition coefficient (Wildman–Crippen LogP) is 4.67. The average Bonchev–Trinajstić information content (AvgIpc) is 2.35. The molecule has 1 amide bonds. The van der Waals surface area contributed by atoms with Crippen LogP contribution in [0.1, 0.15) is 10.4 Å². The highest BCUT2D eigenvalue weighted by Crippen LogP contribution is 2.27. The summed E-state index contributed by atoms with van der Waals surface area (Å²) in [5.74, 6) is -0.429. The standard InChI is InChI=1S/C13H8BrClINO2/c14-10-5-7(15)1-3-11(10)17-13(19)9-6-8(16)2-4-12(9)18/h1-6,18H,(H,17,19). The monoisotopic (exact) mass is 451 g/mol. The average molecular weight is 452 g/mol. The second kappa shape index (κ2) is 6.11. The molecule has 2 rings (SSSR count). The minimum Gasteiger partial charge on any atom is -0.507 e. The van der Waals surface area contributed by atoms with E-state index in [1.54, 1.807) is 30.3 Å². The van der Waals surface area contributed by atoms with Crippen molar-refractivity contribution in [2.24, 2.45) is 0 Å². The predicted molar refractivity (Wildman–Crippen MR) is 87.9 cm³/mol. The molecule has 3 nitrogen and oxygen atoms in total. The smallest absolute Gasteiger partial charge is 0.259 e. The van der Waals surface area contributed by atoms with Crippen molar-refractivity contribution in [3.8, 4) is 5.75 Å². The molecule has 19 heavy (non-hydrogen) atoms. The van der Waals surface area contributed by atoms with Crippen LogP contribution in [0.25, 0.3) is 0 Å². The Morgan fingerprint density at radius 3 is 2.68 bits per heavy atom. The number of nitrogens with one attached hydrogen (secondary N) is 1. The fourth-order valence-corrected chi connectivity index (χ4v) is 2.74. The van der Waals surface area contributed by atoms with Crippen LogP contribution in [0.2, 0.25) is 5.02 Å². The number of carbonyl (C=O) groups excluding carboxylic acids is 1. The number of anilines is 1. The summed E-state index contributed by atoms with van der Waals surface area (Å²) in [4.78, 5) is 12.1. The molecule has 0 aliphatic carbocycles. The fraction of sp³-hybridized carbons (Fsp3) is 0. The van der Waals surface area contributed by atoms with Gasteiger partial charge in [-0.05, 0) is 74.9 Å². The molecule has 0 saturated carbocycles. The topological polar surface area (TPSA) is 49.3 Å². The Balaban J connectivity index is 2.28. The van der Waals surface area contributed by atoms with Crippen LogP contribution >= 0.6 is 50.1 Å². The summed E-state index contributed by atoms with van der Waals surface area (Å²) in [6, 6.07) is 9.89. The molecule has 98 valence electrons. The van der Waals surface area contributed by atoms with Gasteiger partial charge in [0.05, 0.1) is 11.3 Å². The van der Waals surface area contributed by atoms with Gasteiger partial charge >= 0.3 is 0 Å². The van der Waals surface area contributed by atoms with Gasteiger partial charge in [0.25, 0.3) is 5.91 Å². The van der Waals surface area contributed by atoms with Gasteiger partial charge in [0.2, 0.25) is 0 Å². The van der Waals surface area contributed by atoms with Crippen LogP contribution in [0.15, 0.2) is 40.9 Å². The van der Waals surface area contributed by atoms with Crippen LogP contribution in [0, 0.1) is 3.57 Å². The van der Waals surface area contributed by atoms with E-state index in [0.29, 0.717) is 15.2 Å². The van der Waals surface area contributed by atoms with Gasteiger partial charge in [-0.25, -0.2) is 0 Å². The molecule has 0 aliphatic rings. The number of aromatic hydroxyl groups is 1. The highest BCUT2D eigenvalue weighted by atomic mass is 127. The van der Waals surface area contributed by atoms with Crippen molar-refractivity contribution >= 4 is 61.7 Å². The third-order valence-electron chi connectivity index (χ3n) is 2.38. The molecular weight excluding hydrogens is 444 g/mol. The molecule has 0 aliphatic heterocycles. The largest absolute Gasteiger partial charge is 0.507 e. The number of amides is 1. The highest BCUT2D eigenvalue weighted by molar-refractivity contribution is 14.1. The van der Waals surface area contributed by atoms with Gasteiger partial charge in [-0.2, -0.15) is 0 Å². The molecule has 2 aromatic carbocycles. The Morgan fingerprint density at radius 2 is 2.00 bits per heavy atom. The van der Waals surface area contributed by atoms with E-state index >= 15 is 0 Å². The summed E-state index contributed by atoms with van der Waals surface area (Å²) in [5.41, 5.74) is 0.821. The van der Waals surface area contributed by atoms with Gasteiger partial charge in [-0.3, -0.25) is 4.79 Å². The molecule has 2 aromatic rings. The number of carbonyl (C=O) groups is 1. The summed E-state index contributed by atoms with van der Waals surface area (Å²) in [6.45, 7) is 0. The van der Waals surface area contributed by atoms with Crippen molar-refractivity contribution in [1.82, 2.24) is 0 Å². The molecule has 0 aromatic heterocycles. The SMILES string of the molecule is O=C(Nc1ccc(Cl)cc1Br)c1cc(I)ccc1O. The third kappa shape index (κ3) is 3.61. The molecule has 0 bridgehead atoms. The van der Waals surface area contributed by atoms with Crippen molar-refractivity contribution in [3.63, 3.8) is 0 Å². The number of benzene rings is 2. The molecule has 2 N–H and O–H groups in total. The summed E-state index contributed by atoms with van der Waals surface area (Å²) in [6.07, 6.45) is 0. The minimum atomic E-state index is -0.376. The zero-order valence-electron chi connectivity index (χ0n) is 9.45. The molecule has 0 spiro atoms. The molecule has 0 saturated heterocycles.